The van der Waals surface area contributed by atoms with E-state index in [-0.39, 0.29) is 18.9 Å². The van der Waals surface area contributed by atoms with Crippen molar-refractivity contribution in [1.82, 2.24) is 19.5 Å². The highest BCUT2D eigenvalue weighted by Crippen LogP contribution is 2.48. The Bertz CT molecular complexity index is 771. The summed E-state index contributed by atoms with van der Waals surface area (Å²) < 4.78 is 36.4. The SMILES string of the molecule is CCCCOP(=O)(COCCn1cnc2c(OC)nc(N)nc21)OCCCC. The Hall–Kier alpha value is -1.74. The van der Waals surface area contributed by atoms with Crippen LogP contribution in [0.5, 0.6) is 5.88 Å². The van der Waals surface area contributed by atoms with Gasteiger partial charge in [-0.25, -0.2) is 4.98 Å². The number of methoxy groups -OCH3 is 1. The van der Waals surface area contributed by atoms with Gasteiger partial charge in [0.05, 0.1) is 33.3 Å². The largest absolute Gasteiger partial charge is 0.479 e. The van der Waals surface area contributed by atoms with E-state index >= 15 is 0 Å². The Morgan fingerprint density at radius 2 is 1.79 bits per heavy atom. The van der Waals surface area contributed by atoms with Gasteiger partial charge in [-0.3, -0.25) is 4.57 Å². The Labute approximate surface area is 165 Å². The standard InChI is InChI=1S/C17H30N5O5P/c1-4-6-9-26-28(23,27-10-7-5-2)13-25-11-8-22-12-19-14-15(22)20-17(18)21-16(14)24-3/h12H,4-11,13H2,1-3H3,(H2,18,20,21). The average molecular weight is 415 g/mol. The van der Waals surface area contributed by atoms with Crippen LogP contribution in [0.15, 0.2) is 6.33 Å². The molecule has 0 aliphatic rings. The van der Waals surface area contributed by atoms with Crippen molar-refractivity contribution in [2.45, 2.75) is 46.1 Å². The van der Waals surface area contributed by atoms with Crippen LogP contribution < -0.4 is 10.5 Å². The highest BCUT2D eigenvalue weighted by Gasteiger charge is 2.25. The molecule has 0 bridgehead atoms. The number of anilines is 1. The molecule has 158 valence electrons. The molecule has 0 fully saturated rings. The van der Waals surface area contributed by atoms with Crippen molar-refractivity contribution in [3.63, 3.8) is 0 Å². The first-order chi connectivity index (χ1) is 13.5. The third-order valence-electron chi connectivity index (χ3n) is 3.94. The molecule has 2 aromatic heterocycles. The average Bonchev–Trinajstić information content (AvgIpc) is 3.08. The van der Waals surface area contributed by atoms with Crippen molar-refractivity contribution in [1.29, 1.82) is 0 Å². The number of unbranched alkanes of at least 4 members (excludes halogenated alkanes) is 2. The minimum Gasteiger partial charge on any atom is -0.479 e. The first-order valence-electron chi connectivity index (χ1n) is 9.51. The second-order valence-corrected chi connectivity index (χ2v) is 8.22. The van der Waals surface area contributed by atoms with Crippen molar-refractivity contribution in [3.8, 4) is 5.88 Å². The van der Waals surface area contributed by atoms with Crippen molar-refractivity contribution in [2.75, 3.05) is 39.0 Å². The Morgan fingerprint density at radius 1 is 1.11 bits per heavy atom. The summed E-state index contributed by atoms with van der Waals surface area (Å²) >= 11 is 0. The molecule has 2 N–H and O–H groups in total. The van der Waals surface area contributed by atoms with Crippen LogP contribution in [0.25, 0.3) is 11.2 Å². The molecule has 10 nitrogen and oxygen atoms in total. The molecule has 11 heteroatoms. The van der Waals surface area contributed by atoms with Gasteiger partial charge >= 0.3 is 7.60 Å². The molecule has 0 spiro atoms. The lowest BCUT2D eigenvalue weighted by atomic mass is 10.4. The van der Waals surface area contributed by atoms with Crippen LogP contribution in [-0.2, 0) is 24.9 Å². The first-order valence-corrected chi connectivity index (χ1v) is 11.2. The summed E-state index contributed by atoms with van der Waals surface area (Å²) in [6.07, 6.45) is 5.08. The zero-order valence-electron chi connectivity index (χ0n) is 16.8. The fraction of sp³-hybridized carbons (Fsp3) is 0.706. The van der Waals surface area contributed by atoms with Gasteiger partial charge in [0.15, 0.2) is 11.2 Å². The fourth-order valence-corrected chi connectivity index (χ4v) is 3.78. The topological polar surface area (TPSA) is 124 Å². The van der Waals surface area contributed by atoms with Gasteiger partial charge in [-0.2, -0.15) is 9.97 Å². The van der Waals surface area contributed by atoms with Crippen LogP contribution in [-0.4, -0.2) is 52.8 Å². The van der Waals surface area contributed by atoms with E-state index in [1.54, 1.807) is 10.9 Å². The summed E-state index contributed by atoms with van der Waals surface area (Å²) in [5, 5.41) is 0. The molecule has 0 saturated heterocycles. The van der Waals surface area contributed by atoms with E-state index in [0.29, 0.717) is 36.8 Å². The predicted octanol–water partition coefficient (Wildman–Crippen LogP) is 3.22. The van der Waals surface area contributed by atoms with Crippen LogP contribution in [0.1, 0.15) is 39.5 Å². The smallest absolute Gasteiger partial charge is 0.356 e. The van der Waals surface area contributed by atoms with Crippen LogP contribution in [0.4, 0.5) is 5.95 Å². The van der Waals surface area contributed by atoms with Crippen LogP contribution >= 0.6 is 7.60 Å². The zero-order valence-corrected chi connectivity index (χ0v) is 17.7. The molecular formula is C17H30N5O5P. The van der Waals surface area contributed by atoms with Gasteiger partial charge in [-0.1, -0.05) is 26.7 Å². The molecule has 0 radical (unpaired) electrons. The van der Waals surface area contributed by atoms with Crippen LogP contribution in [0.2, 0.25) is 0 Å². The van der Waals surface area contributed by atoms with Gasteiger partial charge in [0.25, 0.3) is 0 Å². The van der Waals surface area contributed by atoms with Gasteiger partial charge in [0.1, 0.15) is 6.35 Å². The molecule has 2 rings (SSSR count). The Balaban J connectivity index is 1.92. The van der Waals surface area contributed by atoms with E-state index < -0.39 is 7.60 Å². The number of hydrogen-bond acceptors (Lipinski definition) is 9. The van der Waals surface area contributed by atoms with Gasteiger partial charge in [0.2, 0.25) is 11.8 Å². The summed E-state index contributed by atoms with van der Waals surface area (Å²) in [5.74, 6) is 0.422. The van der Waals surface area contributed by atoms with Crippen molar-refractivity contribution < 1.29 is 23.1 Å². The van der Waals surface area contributed by atoms with Gasteiger partial charge < -0.3 is 28.8 Å². The summed E-state index contributed by atoms with van der Waals surface area (Å²) in [6, 6.07) is 0. The van der Waals surface area contributed by atoms with Crippen LogP contribution in [0.3, 0.4) is 0 Å². The molecule has 0 amide bonds. The number of imidazole rings is 1. The lowest BCUT2D eigenvalue weighted by molar-refractivity contribution is 0.122. The summed E-state index contributed by atoms with van der Waals surface area (Å²) in [4.78, 5) is 12.5. The summed E-state index contributed by atoms with van der Waals surface area (Å²) in [7, 11) is -1.77. The molecular weight excluding hydrogens is 385 g/mol. The number of nitrogens with two attached hydrogens (primary N) is 1. The van der Waals surface area contributed by atoms with Crippen LogP contribution in [0, 0.1) is 0 Å². The number of aromatic nitrogens is 4. The predicted molar refractivity (Wildman–Crippen MR) is 106 cm³/mol. The maximum absolute atomic E-state index is 12.8. The third kappa shape index (κ3) is 6.41. The maximum Gasteiger partial charge on any atom is 0.356 e. The normalized spacial score (nSPS) is 12.0. The van der Waals surface area contributed by atoms with E-state index in [9.17, 15) is 4.57 Å². The number of nitrogen functional groups attached to an aromatic ring is 1. The van der Waals surface area contributed by atoms with E-state index in [1.807, 2.05) is 13.8 Å². The lowest BCUT2D eigenvalue weighted by Crippen LogP contribution is -2.10. The minimum atomic E-state index is -3.27. The molecule has 0 atom stereocenters. The number of rotatable bonds is 14. The zero-order chi connectivity index (χ0) is 20.4. The number of fused-ring (bicyclic) bond motifs is 1. The second kappa shape index (κ2) is 11.3. The number of ether oxygens (including phenoxy) is 2. The van der Waals surface area contributed by atoms with Crippen molar-refractivity contribution in [3.05, 3.63) is 6.33 Å². The quantitative estimate of drug-likeness (QED) is 0.366. The molecule has 0 aliphatic carbocycles. The van der Waals surface area contributed by atoms with Crippen molar-refractivity contribution in [2.24, 2.45) is 0 Å². The van der Waals surface area contributed by atoms with E-state index in [4.69, 9.17) is 24.3 Å². The number of hydrogen-bond donors (Lipinski definition) is 1. The molecule has 2 heterocycles. The second-order valence-electron chi connectivity index (χ2n) is 6.22. The van der Waals surface area contributed by atoms with Gasteiger partial charge in [0, 0.05) is 6.54 Å². The van der Waals surface area contributed by atoms with E-state index in [0.717, 1.165) is 25.7 Å². The summed E-state index contributed by atoms with van der Waals surface area (Å²) in [6.45, 7) is 5.61. The Morgan fingerprint density at radius 3 is 2.39 bits per heavy atom. The van der Waals surface area contributed by atoms with Crippen molar-refractivity contribution >= 4 is 24.7 Å². The number of nitrogens with zero attached hydrogens (tertiary/aromatic N) is 4. The molecule has 28 heavy (non-hydrogen) atoms. The molecule has 0 unspecified atom stereocenters. The molecule has 0 aromatic carbocycles. The summed E-state index contributed by atoms with van der Waals surface area (Å²) in [5.41, 5.74) is 6.78. The van der Waals surface area contributed by atoms with E-state index in [2.05, 4.69) is 15.0 Å². The maximum atomic E-state index is 12.8. The first kappa shape index (κ1) is 22.5. The molecule has 2 aromatic rings. The van der Waals surface area contributed by atoms with Gasteiger partial charge in [-0.05, 0) is 12.8 Å². The third-order valence-corrected chi connectivity index (χ3v) is 5.59. The molecule has 0 aliphatic heterocycles. The van der Waals surface area contributed by atoms with Gasteiger partial charge in [-0.15, -0.1) is 0 Å². The monoisotopic (exact) mass is 415 g/mol. The minimum absolute atomic E-state index is 0.0898. The Kier molecular flexibility index (Phi) is 9.11. The highest BCUT2D eigenvalue weighted by molar-refractivity contribution is 7.53. The fourth-order valence-electron chi connectivity index (χ4n) is 2.39. The lowest BCUT2D eigenvalue weighted by Gasteiger charge is -2.18. The van der Waals surface area contributed by atoms with E-state index in [1.165, 1.54) is 7.11 Å². The molecule has 0 saturated carbocycles. The highest BCUT2D eigenvalue weighted by atomic mass is 31.2.